The monoisotopic (exact) mass is 407 g/mol. The lowest BCUT2D eigenvalue weighted by molar-refractivity contribution is -0.170. The zero-order valence-electron chi connectivity index (χ0n) is 17.0. The van der Waals surface area contributed by atoms with Gasteiger partial charge in [0, 0.05) is 37.0 Å². The van der Waals surface area contributed by atoms with Crippen LogP contribution in [0.25, 0.3) is 11.5 Å². The molecule has 2 unspecified atom stereocenters. The molecule has 28 heavy (non-hydrogen) atoms. The Morgan fingerprint density at radius 1 is 1.36 bits per heavy atom. The number of carbonyl (C=O) groups is 1. The number of aryl methyl sites for hydroxylation is 1. The molecule has 1 aromatic carbocycles. The van der Waals surface area contributed by atoms with Crippen LogP contribution in [0.1, 0.15) is 38.4 Å². The number of nitrogens with two attached hydrogens (primary N) is 1. The average Bonchev–Trinajstić information content (AvgIpc) is 3.10. The molecule has 1 amide bonds. The molecule has 7 heteroatoms. The fourth-order valence-corrected chi connectivity index (χ4v) is 3.53. The number of hydrogen-bond donors (Lipinski definition) is 2. The summed E-state index contributed by atoms with van der Waals surface area (Å²) in [6.07, 6.45) is 2.79. The third kappa shape index (κ3) is 4.09. The third-order valence-corrected chi connectivity index (χ3v) is 5.75. The summed E-state index contributed by atoms with van der Waals surface area (Å²) in [7, 11) is 0. The van der Waals surface area contributed by atoms with Crippen LogP contribution in [0.3, 0.4) is 0 Å². The van der Waals surface area contributed by atoms with E-state index in [9.17, 15) is 4.79 Å². The highest BCUT2D eigenvalue weighted by Crippen LogP contribution is 2.49. The van der Waals surface area contributed by atoms with Gasteiger partial charge in [0.1, 0.15) is 11.8 Å². The fraction of sp³-hybridized carbons (Fsp3) is 0.524. The van der Waals surface area contributed by atoms with Gasteiger partial charge in [-0.1, -0.05) is 31.5 Å². The van der Waals surface area contributed by atoms with Crippen molar-refractivity contribution in [2.75, 3.05) is 13.2 Å². The molecule has 0 saturated heterocycles. The predicted molar refractivity (Wildman–Crippen MR) is 111 cm³/mol. The molecule has 2 atom stereocenters. The van der Waals surface area contributed by atoms with Gasteiger partial charge in [-0.05, 0) is 26.0 Å². The summed E-state index contributed by atoms with van der Waals surface area (Å²) in [5.74, 6) is 0.456. The number of halogens is 1. The number of amides is 1. The molecule has 1 fully saturated rings. The minimum absolute atomic E-state index is 0. The van der Waals surface area contributed by atoms with E-state index in [2.05, 4.69) is 10.3 Å². The van der Waals surface area contributed by atoms with Gasteiger partial charge >= 0.3 is 0 Å². The summed E-state index contributed by atoms with van der Waals surface area (Å²) in [5.41, 5.74) is 8.03. The van der Waals surface area contributed by atoms with E-state index in [-0.39, 0.29) is 29.8 Å². The minimum Gasteiger partial charge on any atom is -0.444 e. The first-order valence-corrected chi connectivity index (χ1v) is 9.48. The molecule has 3 rings (SSSR count). The van der Waals surface area contributed by atoms with E-state index in [1.807, 2.05) is 52.0 Å². The van der Waals surface area contributed by atoms with E-state index in [0.29, 0.717) is 31.9 Å². The lowest BCUT2D eigenvalue weighted by Gasteiger charge is -2.57. The highest BCUT2D eigenvalue weighted by atomic mass is 35.5. The molecule has 3 N–H and O–H groups in total. The van der Waals surface area contributed by atoms with Gasteiger partial charge in [0.15, 0.2) is 0 Å². The Labute approximate surface area is 172 Å². The highest BCUT2D eigenvalue weighted by Gasteiger charge is 2.62. The van der Waals surface area contributed by atoms with Crippen molar-refractivity contribution < 1.29 is 13.9 Å². The maximum absolute atomic E-state index is 12.6. The fourth-order valence-electron chi connectivity index (χ4n) is 3.53. The molecular weight excluding hydrogens is 378 g/mol. The molecule has 1 saturated carbocycles. The largest absolute Gasteiger partial charge is 0.444 e. The van der Waals surface area contributed by atoms with E-state index in [1.54, 1.807) is 6.26 Å². The van der Waals surface area contributed by atoms with E-state index in [0.717, 1.165) is 11.3 Å². The summed E-state index contributed by atoms with van der Waals surface area (Å²) in [6.45, 7) is 9.06. The van der Waals surface area contributed by atoms with Gasteiger partial charge < -0.3 is 20.2 Å². The van der Waals surface area contributed by atoms with Crippen LogP contribution in [0, 0.1) is 12.3 Å². The first kappa shape index (κ1) is 22.4. The zero-order valence-corrected chi connectivity index (χ0v) is 17.8. The zero-order chi connectivity index (χ0) is 19.7. The molecule has 2 aromatic rings. The Morgan fingerprint density at radius 2 is 2.04 bits per heavy atom. The Kier molecular flexibility index (Phi) is 6.91. The van der Waals surface area contributed by atoms with Crippen molar-refractivity contribution in [1.82, 2.24) is 10.3 Å². The Hall–Kier alpha value is -1.89. The summed E-state index contributed by atoms with van der Waals surface area (Å²) in [6, 6.07) is 8.02. The van der Waals surface area contributed by atoms with Gasteiger partial charge in [0.25, 0.3) is 0 Å². The first-order chi connectivity index (χ1) is 12.8. The summed E-state index contributed by atoms with van der Waals surface area (Å²) < 4.78 is 11.2. The number of oxazole rings is 1. The van der Waals surface area contributed by atoms with Crippen LogP contribution in [-0.2, 0) is 16.0 Å². The van der Waals surface area contributed by atoms with Crippen molar-refractivity contribution in [2.24, 2.45) is 11.1 Å². The van der Waals surface area contributed by atoms with Gasteiger partial charge in [-0.3, -0.25) is 4.79 Å². The normalized spacial score (nSPS) is 22.8. The van der Waals surface area contributed by atoms with E-state index < -0.39 is 5.54 Å². The quantitative estimate of drug-likeness (QED) is 0.735. The molecule has 0 spiro atoms. The van der Waals surface area contributed by atoms with Crippen LogP contribution in [0.2, 0.25) is 0 Å². The lowest BCUT2D eigenvalue weighted by Crippen LogP contribution is -2.75. The number of nitrogens with zero attached hydrogens (tertiary/aromatic N) is 1. The molecular formula is C21H30ClN3O3. The molecule has 1 aliphatic rings. The number of nitrogens with one attached hydrogen (secondary N) is 1. The molecule has 1 aromatic heterocycles. The van der Waals surface area contributed by atoms with Crippen LogP contribution in [0.5, 0.6) is 0 Å². The molecule has 0 aliphatic heterocycles. The van der Waals surface area contributed by atoms with E-state index >= 15 is 0 Å². The van der Waals surface area contributed by atoms with Crippen molar-refractivity contribution >= 4 is 18.3 Å². The smallest absolute Gasteiger partial charge is 0.240 e. The lowest BCUT2D eigenvalue weighted by atomic mass is 9.54. The van der Waals surface area contributed by atoms with Crippen molar-refractivity contribution in [2.45, 2.75) is 52.2 Å². The second-order valence-corrected chi connectivity index (χ2v) is 7.86. The maximum Gasteiger partial charge on any atom is 0.240 e. The van der Waals surface area contributed by atoms with Crippen molar-refractivity contribution in [3.63, 3.8) is 0 Å². The first-order valence-electron chi connectivity index (χ1n) is 9.48. The number of benzene rings is 1. The van der Waals surface area contributed by atoms with Gasteiger partial charge in [-0.2, -0.15) is 0 Å². The summed E-state index contributed by atoms with van der Waals surface area (Å²) in [5, 5.41) is 2.95. The van der Waals surface area contributed by atoms with Crippen molar-refractivity contribution in [3.05, 3.63) is 41.8 Å². The molecule has 1 aliphatic carbocycles. The van der Waals surface area contributed by atoms with E-state index in [1.165, 1.54) is 5.56 Å². The number of aromatic nitrogens is 1. The molecule has 1 heterocycles. The minimum atomic E-state index is -0.899. The van der Waals surface area contributed by atoms with Crippen molar-refractivity contribution in [1.29, 1.82) is 0 Å². The van der Waals surface area contributed by atoms with Gasteiger partial charge in [0.2, 0.25) is 11.8 Å². The summed E-state index contributed by atoms with van der Waals surface area (Å²) in [4.78, 5) is 17.1. The standard InChI is InChI=1S/C21H29N3O3.ClH/c1-5-26-17-12-21(22,20(17,3)4)19(25)23-11-10-16-13-27-18(24-16)15-8-6-14(2)7-9-15;/h6-9,13,17H,5,10-12,22H2,1-4H3,(H,23,25);1H. The van der Waals surface area contributed by atoms with Crippen LogP contribution in [0.4, 0.5) is 0 Å². The Morgan fingerprint density at radius 3 is 2.64 bits per heavy atom. The maximum atomic E-state index is 12.6. The molecule has 154 valence electrons. The topological polar surface area (TPSA) is 90.4 Å². The molecule has 0 radical (unpaired) electrons. The van der Waals surface area contributed by atoms with Gasteiger partial charge in [-0.25, -0.2) is 4.98 Å². The number of hydrogen-bond acceptors (Lipinski definition) is 5. The second-order valence-electron chi connectivity index (χ2n) is 7.86. The predicted octanol–water partition coefficient (Wildman–Crippen LogP) is 3.26. The van der Waals surface area contributed by atoms with Crippen LogP contribution in [-0.4, -0.2) is 35.7 Å². The second kappa shape index (κ2) is 8.64. The van der Waals surface area contributed by atoms with Crippen LogP contribution >= 0.6 is 12.4 Å². The highest BCUT2D eigenvalue weighted by molar-refractivity contribution is 5.88. The number of ether oxygens (including phenoxy) is 1. The Balaban J connectivity index is 0.00000280. The SMILES string of the molecule is CCOC1CC(N)(C(=O)NCCc2coc(-c3ccc(C)cc3)n2)C1(C)C.Cl. The van der Waals surface area contributed by atoms with Crippen LogP contribution in [0.15, 0.2) is 34.9 Å². The van der Waals surface area contributed by atoms with Gasteiger partial charge in [0.05, 0.1) is 11.8 Å². The third-order valence-electron chi connectivity index (χ3n) is 5.75. The van der Waals surface area contributed by atoms with Gasteiger partial charge in [-0.15, -0.1) is 12.4 Å². The summed E-state index contributed by atoms with van der Waals surface area (Å²) >= 11 is 0. The molecule has 0 bridgehead atoms. The number of rotatable bonds is 7. The number of carbonyl (C=O) groups excluding carboxylic acids is 1. The van der Waals surface area contributed by atoms with E-state index in [4.69, 9.17) is 14.9 Å². The average molecular weight is 408 g/mol. The molecule has 6 nitrogen and oxygen atoms in total. The Bertz CT molecular complexity index is 803. The van der Waals surface area contributed by atoms with Crippen LogP contribution < -0.4 is 11.1 Å². The van der Waals surface area contributed by atoms with Crippen molar-refractivity contribution in [3.8, 4) is 11.5 Å².